The van der Waals surface area contributed by atoms with Gasteiger partial charge in [0, 0.05) is 36.7 Å². The number of methoxy groups -OCH3 is 1. The van der Waals surface area contributed by atoms with Crippen LogP contribution >= 0.6 is 0 Å². The number of pyridine rings is 1. The molecule has 1 aliphatic heterocycles. The number of hydrogen-bond donors (Lipinski definition) is 2. The van der Waals surface area contributed by atoms with Crippen LogP contribution in [-0.4, -0.2) is 62.3 Å². The van der Waals surface area contributed by atoms with Crippen LogP contribution in [0, 0.1) is 0 Å². The minimum atomic E-state index is -0.173. The molecule has 0 spiro atoms. The Balaban J connectivity index is 1.43. The van der Waals surface area contributed by atoms with Gasteiger partial charge in [-0.2, -0.15) is 0 Å². The highest BCUT2D eigenvalue weighted by Crippen LogP contribution is 2.35. The highest BCUT2D eigenvalue weighted by atomic mass is 16.7. The van der Waals surface area contributed by atoms with Crippen molar-refractivity contribution in [3.05, 3.63) is 69.8 Å². The van der Waals surface area contributed by atoms with Crippen molar-refractivity contribution in [3.63, 3.8) is 0 Å². The van der Waals surface area contributed by atoms with E-state index in [1.165, 1.54) is 0 Å². The van der Waals surface area contributed by atoms with Crippen LogP contribution in [0.25, 0.3) is 10.9 Å². The largest absolute Gasteiger partial charge is 0.497 e. The van der Waals surface area contributed by atoms with Gasteiger partial charge >= 0.3 is 0 Å². The third kappa shape index (κ3) is 5.27. The second-order valence-electron chi connectivity index (χ2n) is 8.93. The van der Waals surface area contributed by atoms with Crippen LogP contribution in [0.15, 0.2) is 47.3 Å². The number of tetrazole rings is 1. The maximum atomic E-state index is 13.0. The lowest BCUT2D eigenvalue weighted by Gasteiger charge is -2.30. The molecular weight excluding hydrogens is 476 g/mol. The normalized spacial score (nSPS) is 13.4. The number of ether oxygens (including phenoxy) is 3. The highest BCUT2D eigenvalue weighted by Gasteiger charge is 2.26. The smallest absolute Gasteiger partial charge is 0.252 e. The first-order valence-electron chi connectivity index (χ1n) is 12.3. The van der Waals surface area contributed by atoms with E-state index in [1.54, 1.807) is 17.9 Å². The Bertz CT molecular complexity index is 1420. The van der Waals surface area contributed by atoms with Gasteiger partial charge in [0.05, 0.1) is 25.2 Å². The van der Waals surface area contributed by atoms with E-state index in [-0.39, 0.29) is 25.0 Å². The average Bonchev–Trinajstić information content (AvgIpc) is 3.56. The van der Waals surface area contributed by atoms with Gasteiger partial charge in [0.25, 0.3) is 5.56 Å². The number of aliphatic hydroxyl groups excluding tert-OH is 1. The number of hydrogen-bond acceptors (Lipinski definition) is 9. The predicted molar refractivity (Wildman–Crippen MR) is 136 cm³/mol. The van der Waals surface area contributed by atoms with E-state index in [9.17, 15) is 9.90 Å². The van der Waals surface area contributed by atoms with Gasteiger partial charge in [-0.25, -0.2) is 4.68 Å². The van der Waals surface area contributed by atoms with Crippen molar-refractivity contribution in [1.82, 2.24) is 30.1 Å². The molecule has 0 saturated heterocycles. The zero-order chi connectivity index (χ0) is 25.8. The molecule has 0 bridgehead atoms. The van der Waals surface area contributed by atoms with Crippen LogP contribution in [0.3, 0.4) is 0 Å². The Morgan fingerprint density at radius 1 is 1.19 bits per heavy atom. The van der Waals surface area contributed by atoms with Crippen LogP contribution < -0.4 is 19.8 Å². The summed E-state index contributed by atoms with van der Waals surface area (Å²) >= 11 is 0. The predicted octanol–water partition coefficient (Wildman–Crippen LogP) is 2.64. The molecule has 194 valence electrons. The minimum Gasteiger partial charge on any atom is -0.497 e. The SMILES string of the molecule is CC[C@H](c1nnnn1Cc1ccc(OC)cc1)N(CCCO)Cc1cc2cc3c(cc2[nH]c1=O)OCO3. The van der Waals surface area contributed by atoms with Gasteiger partial charge in [-0.3, -0.25) is 9.69 Å². The molecule has 0 saturated carbocycles. The Morgan fingerprint density at radius 3 is 2.70 bits per heavy atom. The van der Waals surface area contributed by atoms with Crippen molar-refractivity contribution < 1.29 is 19.3 Å². The van der Waals surface area contributed by atoms with Gasteiger partial charge in [0.1, 0.15) is 5.75 Å². The number of benzene rings is 2. The topological polar surface area (TPSA) is 128 Å². The van der Waals surface area contributed by atoms with Gasteiger partial charge in [-0.1, -0.05) is 19.1 Å². The number of aromatic nitrogens is 5. The summed E-state index contributed by atoms with van der Waals surface area (Å²) in [6, 6.07) is 13.2. The second-order valence-corrected chi connectivity index (χ2v) is 8.93. The lowest BCUT2D eigenvalue weighted by atomic mass is 10.1. The highest BCUT2D eigenvalue weighted by molar-refractivity contribution is 5.83. The molecule has 37 heavy (non-hydrogen) atoms. The maximum Gasteiger partial charge on any atom is 0.252 e. The fraction of sp³-hybridized carbons (Fsp3) is 0.385. The van der Waals surface area contributed by atoms with Crippen LogP contribution in [-0.2, 0) is 13.1 Å². The van der Waals surface area contributed by atoms with Crippen molar-refractivity contribution in [2.45, 2.75) is 38.9 Å². The van der Waals surface area contributed by atoms with Gasteiger partial charge < -0.3 is 24.3 Å². The van der Waals surface area contributed by atoms with E-state index in [1.807, 2.05) is 36.4 Å². The molecule has 0 amide bonds. The van der Waals surface area contributed by atoms with Crippen molar-refractivity contribution in [1.29, 1.82) is 0 Å². The van der Waals surface area contributed by atoms with Crippen molar-refractivity contribution in [3.8, 4) is 17.2 Å². The molecule has 2 aromatic carbocycles. The molecule has 1 atom stereocenters. The van der Waals surface area contributed by atoms with Crippen molar-refractivity contribution >= 4 is 10.9 Å². The first-order chi connectivity index (χ1) is 18.1. The molecule has 2 aromatic heterocycles. The summed E-state index contributed by atoms with van der Waals surface area (Å²) in [5.41, 5.74) is 2.16. The Hall–Kier alpha value is -3.96. The van der Waals surface area contributed by atoms with E-state index in [0.717, 1.165) is 23.1 Å². The fourth-order valence-corrected chi connectivity index (χ4v) is 4.67. The lowest BCUT2D eigenvalue weighted by Crippen LogP contribution is -2.34. The molecule has 2 N–H and O–H groups in total. The number of rotatable bonds is 11. The Morgan fingerprint density at radius 2 is 1.97 bits per heavy atom. The van der Waals surface area contributed by atoms with Crippen LogP contribution in [0.2, 0.25) is 0 Å². The summed E-state index contributed by atoms with van der Waals surface area (Å²) in [5.74, 6) is 2.77. The molecule has 4 aromatic rings. The molecule has 11 nitrogen and oxygen atoms in total. The summed E-state index contributed by atoms with van der Waals surface area (Å²) < 4.78 is 18.0. The summed E-state index contributed by atoms with van der Waals surface area (Å²) in [6.07, 6.45) is 1.28. The number of fused-ring (bicyclic) bond motifs is 2. The number of nitrogens with zero attached hydrogens (tertiary/aromatic N) is 5. The molecule has 11 heteroatoms. The third-order valence-corrected chi connectivity index (χ3v) is 6.57. The molecule has 0 aliphatic carbocycles. The van der Waals surface area contributed by atoms with E-state index in [2.05, 4.69) is 32.3 Å². The number of H-pyrrole nitrogens is 1. The van der Waals surface area contributed by atoms with Crippen LogP contribution in [0.5, 0.6) is 17.2 Å². The monoisotopic (exact) mass is 506 g/mol. The molecule has 3 heterocycles. The average molecular weight is 507 g/mol. The van der Waals surface area contributed by atoms with Gasteiger partial charge in [0.15, 0.2) is 17.3 Å². The Labute approximate surface area is 213 Å². The Kier molecular flexibility index (Phi) is 7.33. The number of nitrogens with one attached hydrogen (secondary N) is 1. The van der Waals surface area contributed by atoms with E-state index < -0.39 is 0 Å². The van der Waals surface area contributed by atoms with Crippen molar-refractivity contribution in [2.75, 3.05) is 27.1 Å². The number of aliphatic hydroxyl groups is 1. The van der Waals surface area contributed by atoms with Gasteiger partial charge in [0.2, 0.25) is 6.79 Å². The number of aromatic amines is 1. The molecule has 0 radical (unpaired) electrons. The zero-order valence-electron chi connectivity index (χ0n) is 20.9. The minimum absolute atomic E-state index is 0.0429. The van der Waals surface area contributed by atoms with Crippen LogP contribution in [0.4, 0.5) is 0 Å². The second kappa shape index (κ2) is 11.0. The molecule has 5 rings (SSSR count). The fourth-order valence-electron chi connectivity index (χ4n) is 4.67. The maximum absolute atomic E-state index is 13.0. The van der Waals surface area contributed by atoms with Crippen LogP contribution in [0.1, 0.15) is 42.8 Å². The first kappa shape index (κ1) is 24.7. The zero-order valence-corrected chi connectivity index (χ0v) is 20.9. The summed E-state index contributed by atoms with van der Waals surface area (Å²) in [4.78, 5) is 18.2. The standard InChI is InChI=1S/C26H30N6O5/c1-3-22(25-28-29-30-32(25)14-17-5-7-20(35-2)8-6-17)31(9-4-10-33)15-19-11-18-12-23-24(37-16-36-23)13-21(18)27-26(19)34/h5-8,11-13,22,33H,3-4,9-10,14-16H2,1-2H3,(H,27,34)/t22-/m1/s1. The lowest BCUT2D eigenvalue weighted by molar-refractivity contribution is 0.152. The van der Waals surface area contributed by atoms with Gasteiger partial charge in [-0.15, -0.1) is 5.10 Å². The van der Waals surface area contributed by atoms with E-state index in [4.69, 9.17) is 14.2 Å². The summed E-state index contributed by atoms with van der Waals surface area (Å²) in [5, 5.41) is 23.0. The molecule has 0 unspecified atom stereocenters. The summed E-state index contributed by atoms with van der Waals surface area (Å²) in [6.45, 7) is 3.72. The van der Waals surface area contributed by atoms with E-state index >= 15 is 0 Å². The molecular formula is C26H30N6O5. The van der Waals surface area contributed by atoms with Gasteiger partial charge in [-0.05, 0) is 53.1 Å². The molecule has 1 aliphatic rings. The van der Waals surface area contributed by atoms with Crippen molar-refractivity contribution in [2.24, 2.45) is 0 Å². The first-order valence-corrected chi connectivity index (χ1v) is 12.3. The summed E-state index contributed by atoms with van der Waals surface area (Å²) in [7, 11) is 1.64. The quantitative estimate of drug-likeness (QED) is 0.315. The molecule has 0 fully saturated rings. The third-order valence-electron chi connectivity index (χ3n) is 6.57. The van der Waals surface area contributed by atoms with E-state index in [0.29, 0.717) is 54.5 Å².